The van der Waals surface area contributed by atoms with Gasteiger partial charge in [0.2, 0.25) is 0 Å². The van der Waals surface area contributed by atoms with E-state index < -0.39 is 0 Å². The van der Waals surface area contributed by atoms with E-state index >= 15 is 0 Å². The molecule has 1 aromatic heterocycles. The molecule has 1 fully saturated rings. The molecular formula is C10H10ClN2O. The van der Waals surface area contributed by atoms with Gasteiger partial charge in [-0.15, -0.1) is 0 Å². The van der Waals surface area contributed by atoms with E-state index in [1.54, 1.807) is 6.07 Å². The van der Waals surface area contributed by atoms with Crippen molar-refractivity contribution in [3.05, 3.63) is 29.0 Å². The lowest BCUT2D eigenvalue weighted by Gasteiger charge is -2.14. The van der Waals surface area contributed by atoms with Gasteiger partial charge >= 0.3 is 0 Å². The number of hydrogen-bond acceptors (Lipinski definition) is 2. The summed E-state index contributed by atoms with van der Waals surface area (Å²) in [5.74, 6) is 0.0194. The van der Waals surface area contributed by atoms with Gasteiger partial charge in [-0.25, -0.2) is 0 Å². The van der Waals surface area contributed by atoms with Crippen molar-refractivity contribution in [2.24, 2.45) is 0 Å². The minimum absolute atomic E-state index is 0.0194. The molecule has 1 aliphatic rings. The Kier molecular flexibility index (Phi) is 2.68. The number of hydrogen-bond donors (Lipinski definition) is 0. The fourth-order valence-electron chi connectivity index (χ4n) is 1.59. The van der Waals surface area contributed by atoms with Gasteiger partial charge in [-0.05, 0) is 18.9 Å². The summed E-state index contributed by atoms with van der Waals surface area (Å²) in [6.07, 6.45) is 6.25. The van der Waals surface area contributed by atoms with Crippen LogP contribution in [0, 0.1) is 6.20 Å². The van der Waals surface area contributed by atoms with Crippen molar-refractivity contribution in [1.29, 1.82) is 0 Å². The predicted molar refractivity (Wildman–Crippen MR) is 53.2 cm³/mol. The average molecular weight is 210 g/mol. The van der Waals surface area contributed by atoms with Crippen molar-refractivity contribution in [1.82, 2.24) is 9.88 Å². The van der Waals surface area contributed by atoms with E-state index in [2.05, 4.69) is 11.2 Å². The molecular weight excluding hydrogens is 200 g/mol. The normalized spacial score (nSPS) is 15.9. The SMILES string of the molecule is O=C(c1cn[c]c(Cl)c1)N1CCCC1. The Morgan fingerprint density at radius 3 is 2.86 bits per heavy atom. The minimum Gasteiger partial charge on any atom is -0.339 e. The highest BCUT2D eigenvalue weighted by Gasteiger charge is 2.19. The molecule has 0 aliphatic carbocycles. The molecule has 1 aliphatic heterocycles. The Morgan fingerprint density at radius 1 is 1.50 bits per heavy atom. The van der Waals surface area contributed by atoms with Crippen LogP contribution in [0.4, 0.5) is 0 Å². The van der Waals surface area contributed by atoms with Gasteiger partial charge in [0.1, 0.15) is 6.20 Å². The van der Waals surface area contributed by atoms with Gasteiger partial charge in [0.25, 0.3) is 5.91 Å². The van der Waals surface area contributed by atoms with Crippen molar-refractivity contribution in [3.8, 4) is 0 Å². The first-order valence-corrected chi connectivity index (χ1v) is 4.97. The molecule has 1 saturated heterocycles. The molecule has 1 amide bonds. The van der Waals surface area contributed by atoms with E-state index in [9.17, 15) is 4.79 Å². The summed E-state index contributed by atoms with van der Waals surface area (Å²) in [5.41, 5.74) is 0.552. The molecule has 0 atom stereocenters. The Hall–Kier alpha value is -1.09. The molecule has 2 heterocycles. The standard InChI is InChI=1S/C10H10ClN2O/c11-9-5-8(6-12-7-9)10(14)13-3-1-2-4-13/h5-6H,1-4H2. The van der Waals surface area contributed by atoms with Crippen LogP contribution >= 0.6 is 11.6 Å². The number of aromatic nitrogens is 1. The van der Waals surface area contributed by atoms with Crippen LogP contribution in [-0.2, 0) is 0 Å². The highest BCUT2D eigenvalue weighted by Crippen LogP contribution is 2.14. The number of pyridine rings is 1. The van der Waals surface area contributed by atoms with Gasteiger partial charge in [0.15, 0.2) is 0 Å². The third-order valence-corrected chi connectivity index (χ3v) is 2.49. The fourth-order valence-corrected chi connectivity index (χ4v) is 1.76. The van der Waals surface area contributed by atoms with E-state index in [0.717, 1.165) is 25.9 Å². The van der Waals surface area contributed by atoms with Gasteiger partial charge in [-0.3, -0.25) is 9.78 Å². The smallest absolute Gasteiger partial charge is 0.255 e. The molecule has 3 nitrogen and oxygen atoms in total. The number of nitrogens with zero attached hydrogens (tertiary/aromatic N) is 2. The Bertz CT molecular complexity index is 348. The van der Waals surface area contributed by atoms with Crippen molar-refractivity contribution < 1.29 is 4.79 Å². The second-order valence-corrected chi connectivity index (χ2v) is 3.72. The van der Waals surface area contributed by atoms with Crippen LogP contribution in [-0.4, -0.2) is 28.9 Å². The lowest BCUT2D eigenvalue weighted by atomic mass is 10.2. The largest absolute Gasteiger partial charge is 0.339 e. The summed E-state index contributed by atoms with van der Waals surface area (Å²) in [6.45, 7) is 1.68. The minimum atomic E-state index is 0.0194. The first-order valence-electron chi connectivity index (χ1n) is 4.60. The quantitative estimate of drug-likeness (QED) is 0.707. The summed E-state index contributed by atoms with van der Waals surface area (Å²) >= 11 is 5.71. The van der Waals surface area contributed by atoms with Crippen molar-refractivity contribution in [3.63, 3.8) is 0 Å². The Morgan fingerprint density at radius 2 is 2.21 bits per heavy atom. The molecule has 1 radical (unpaired) electrons. The Labute approximate surface area is 87.7 Å². The van der Waals surface area contributed by atoms with Crippen LogP contribution in [0.15, 0.2) is 12.3 Å². The van der Waals surface area contributed by atoms with Crippen LogP contribution in [0.2, 0.25) is 5.02 Å². The van der Waals surface area contributed by atoms with Crippen LogP contribution < -0.4 is 0 Å². The van der Waals surface area contributed by atoms with Crippen molar-refractivity contribution >= 4 is 17.5 Å². The number of likely N-dealkylation sites (tertiary alicyclic amines) is 1. The van der Waals surface area contributed by atoms with E-state index in [0.29, 0.717) is 10.6 Å². The number of carbonyl (C=O) groups excluding carboxylic acids is 1. The molecule has 0 aromatic carbocycles. The summed E-state index contributed by atoms with van der Waals surface area (Å²) in [6, 6.07) is 1.61. The van der Waals surface area contributed by atoms with Gasteiger partial charge in [-0.2, -0.15) is 0 Å². The average Bonchev–Trinajstić information content (AvgIpc) is 2.69. The number of carbonyl (C=O) groups is 1. The third-order valence-electron chi connectivity index (χ3n) is 2.30. The maximum atomic E-state index is 11.8. The maximum Gasteiger partial charge on any atom is 0.255 e. The van der Waals surface area contributed by atoms with Crippen LogP contribution in [0.5, 0.6) is 0 Å². The summed E-state index contributed by atoms with van der Waals surface area (Å²) < 4.78 is 0. The van der Waals surface area contributed by atoms with Crippen molar-refractivity contribution in [2.75, 3.05) is 13.1 Å². The summed E-state index contributed by atoms with van der Waals surface area (Å²) in [4.78, 5) is 17.4. The van der Waals surface area contributed by atoms with Crippen LogP contribution in [0.25, 0.3) is 0 Å². The molecule has 14 heavy (non-hydrogen) atoms. The second-order valence-electron chi connectivity index (χ2n) is 3.32. The summed E-state index contributed by atoms with van der Waals surface area (Å²) in [7, 11) is 0. The molecule has 4 heteroatoms. The molecule has 73 valence electrons. The molecule has 1 aromatic rings. The molecule has 0 bridgehead atoms. The van der Waals surface area contributed by atoms with E-state index in [1.807, 2.05) is 4.90 Å². The zero-order chi connectivity index (χ0) is 9.97. The van der Waals surface area contributed by atoms with Gasteiger partial charge < -0.3 is 4.90 Å². The Balaban J connectivity index is 2.17. The predicted octanol–water partition coefficient (Wildman–Crippen LogP) is 1.77. The molecule has 2 rings (SSSR count). The highest BCUT2D eigenvalue weighted by atomic mass is 35.5. The molecule has 0 saturated carbocycles. The lowest BCUT2D eigenvalue weighted by Crippen LogP contribution is -2.27. The monoisotopic (exact) mass is 209 g/mol. The van der Waals surface area contributed by atoms with Gasteiger partial charge in [-0.1, -0.05) is 11.6 Å². The first kappa shape index (κ1) is 9.46. The number of amides is 1. The van der Waals surface area contributed by atoms with Crippen molar-refractivity contribution in [2.45, 2.75) is 12.8 Å². The van der Waals surface area contributed by atoms with E-state index in [-0.39, 0.29) is 5.91 Å². The second kappa shape index (κ2) is 3.96. The maximum absolute atomic E-state index is 11.8. The van der Waals surface area contributed by atoms with Gasteiger partial charge in [0, 0.05) is 19.3 Å². The third kappa shape index (κ3) is 1.87. The molecule has 0 spiro atoms. The fraction of sp³-hybridized carbons (Fsp3) is 0.400. The molecule has 0 unspecified atom stereocenters. The number of rotatable bonds is 1. The van der Waals surface area contributed by atoms with E-state index in [4.69, 9.17) is 11.6 Å². The zero-order valence-electron chi connectivity index (χ0n) is 7.66. The van der Waals surface area contributed by atoms with Gasteiger partial charge in [0.05, 0.1) is 10.6 Å². The molecule has 0 N–H and O–H groups in total. The first-order chi connectivity index (χ1) is 6.77. The highest BCUT2D eigenvalue weighted by molar-refractivity contribution is 6.30. The topological polar surface area (TPSA) is 33.2 Å². The summed E-state index contributed by atoms with van der Waals surface area (Å²) in [5, 5.41) is 0.384. The zero-order valence-corrected chi connectivity index (χ0v) is 8.42. The van der Waals surface area contributed by atoms with Crippen LogP contribution in [0.3, 0.4) is 0 Å². The van der Waals surface area contributed by atoms with Crippen LogP contribution in [0.1, 0.15) is 23.2 Å². The number of halogens is 1. The lowest BCUT2D eigenvalue weighted by molar-refractivity contribution is 0.0792. The van der Waals surface area contributed by atoms with E-state index in [1.165, 1.54) is 6.20 Å².